The highest BCUT2D eigenvalue weighted by molar-refractivity contribution is 6.32. The number of phenolic OH excluding ortho intramolecular Hbond substituents is 1. The maximum absolute atomic E-state index is 14.1. The van der Waals surface area contributed by atoms with Gasteiger partial charge in [0.25, 0.3) is 0 Å². The summed E-state index contributed by atoms with van der Waals surface area (Å²) in [7, 11) is 0. The Hall–Kier alpha value is -2.66. The fourth-order valence-electron chi connectivity index (χ4n) is 4.37. The zero-order valence-electron chi connectivity index (χ0n) is 18.6. The number of pyridine rings is 1. The monoisotopic (exact) mass is 454 g/mol. The lowest BCUT2D eigenvalue weighted by Crippen LogP contribution is -2.26. The molecular formula is C26H28ClFN2O2. The standard InChI is InChI=1S/C26H28ClFN2O2/c1-14(2)25(31)20-13-29-23-9-6-16(17-11-21(27)26(32)22(28)12-17)10-19(23)24(20)30-18-7-4-15(3)5-8-18/h6,9-15,18,32H,4-5,7-8H2,1-3H3,(H,29,30)/t15-,18-. The van der Waals surface area contributed by atoms with Crippen molar-refractivity contribution in [3.8, 4) is 16.9 Å². The summed E-state index contributed by atoms with van der Waals surface area (Å²) >= 11 is 6.00. The number of halogens is 2. The zero-order valence-corrected chi connectivity index (χ0v) is 19.3. The van der Waals surface area contributed by atoms with Crippen LogP contribution in [0.3, 0.4) is 0 Å². The Balaban J connectivity index is 1.85. The minimum absolute atomic E-state index is 0.0372. The molecule has 0 bridgehead atoms. The summed E-state index contributed by atoms with van der Waals surface area (Å²) < 4.78 is 14.1. The summed E-state index contributed by atoms with van der Waals surface area (Å²) in [4.78, 5) is 17.5. The molecule has 1 heterocycles. The van der Waals surface area contributed by atoms with E-state index in [4.69, 9.17) is 11.6 Å². The SMILES string of the molecule is CC(C)C(=O)c1cnc2ccc(-c3cc(F)c(O)c(Cl)c3)cc2c1N[C@H]1CC[C@H](C)CC1. The third kappa shape index (κ3) is 4.44. The van der Waals surface area contributed by atoms with E-state index in [1.807, 2.05) is 32.0 Å². The van der Waals surface area contributed by atoms with Gasteiger partial charge in [-0.15, -0.1) is 0 Å². The van der Waals surface area contributed by atoms with Gasteiger partial charge in [-0.1, -0.05) is 38.4 Å². The second kappa shape index (κ2) is 9.07. The van der Waals surface area contributed by atoms with E-state index in [2.05, 4.69) is 17.2 Å². The summed E-state index contributed by atoms with van der Waals surface area (Å²) in [6, 6.07) is 8.70. The average Bonchev–Trinajstić information content (AvgIpc) is 2.78. The predicted octanol–water partition coefficient (Wildman–Crippen LogP) is 7.23. The topological polar surface area (TPSA) is 62.2 Å². The normalized spacial score (nSPS) is 18.8. The second-order valence-corrected chi connectivity index (χ2v) is 9.59. The Morgan fingerprint density at radius 2 is 1.88 bits per heavy atom. The van der Waals surface area contributed by atoms with Crippen LogP contribution in [-0.2, 0) is 0 Å². The van der Waals surface area contributed by atoms with E-state index in [1.54, 1.807) is 6.20 Å². The van der Waals surface area contributed by atoms with Crippen molar-refractivity contribution in [2.24, 2.45) is 11.8 Å². The number of carbonyl (C=O) groups excluding carboxylic acids is 1. The van der Waals surface area contributed by atoms with Gasteiger partial charge in [0.05, 0.1) is 21.8 Å². The Morgan fingerprint density at radius 3 is 2.53 bits per heavy atom. The molecule has 0 aliphatic heterocycles. The molecule has 4 rings (SSSR count). The number of fused-ring (bicyclic) bond motifs is 1. The van der Waals surface area contributed by atoms with Crippen LogP contribution in [0.5, 0.6) is 5.75 Å². The highest BCUT2D eigenvalue weighted by Crippen LogP contribution is 2.37. The number of anilines is 1. The molecule has 6 heteroatoms. The van der Waals surface area contributed by atoms with Crippen molar-refractivity contribution in [3.05, 3.63) is 52.9 Å². The van der Waals surface area contributed by atoms with Gasteiger partial charge in [-0.2, -0.15) is 0 Å². The van der Waals surface area contributed by atoms with E-state index in [0.717, 1.165) is 53.8 Å². The molecule has 3 aromatic rings. The van der Waals surface area contributed by atoms with Crippen molar-refractivity contribution in [2.45, 2.75) is 52.5 Å². The van der Waals surface area contributed by atoms with Crippen LogP contribution in [0.2, 0.25) is 5.02 Å². The van der Waals surface area contributed by atoms with E-state index in [9.17, 15) is 14.3 Å². The molecule has 0 unspecified atom stereocenters. The number of nitrogens with zero attached hydrogens (tertiary/aromatic N) is 1. The summed E-state index contributed by atoms with van der Waals surface area (Å²) in [6.07, 6.45) is 6.09. The first-order valence-electron chi connectivity index (χ1n) is 11.2. The molecule has 1 fully saturated rings. The van der Waals surface area contributed by atoms with Crippen LogP contribution >= 0.6 is 11.6 Å². The highest BCUT2D eigenvalue weighted by Gasteiger charge is 2.23. The van der Waals surface area contributed by atoms with Crippen LogP contribution in [0, 0.1) is 17.7 Å². The van der Waals surface area contributed by atoms with Gasteiger partial charge in [0.1, 0.15) is 0 Å². The number of hydrogen-bond donors (Lipinski definition) is 2. The van der Waals surface area contributed by atoms with Gasteiger partial charge in [0.15, 0.2) is 17.3 Å². The fourth-order valence-corrected chi connectivity index (χ4v) is 4.57. The molecule has 1 saturated carbocycles. The molecule has 1 aromatic heterocycles. The van der Waals surface area contributed by atoms with Crippen molar-refractivity contribution >= 4 is 34.0 Å². The third-order valence-electron chi connectivity index (χ3n) is 6.37. The molecule has 1 aliphatic rings. The van der Waals surface area contributed by atoms with Crippen molar-refractivity contribution in [1.82, 2.24) is 4.98 Å². The molecular weight excluding hydrogens is 427 g/mol. The predicted molar refractivity (Wildman–Crippen MR) is 128 cm³/mol. The largest absolute Gasteiger partial charge is 0.504 e. The Labute approximate surface area is 192 Å². The van der Waals surface area contributed by atoms with Crippen molar-refractivity contribution < 1.29 is 14.3 Å². The maximum Gasteiger partial charge on any atom is 0.170 e. The first-order chi connectivity index (χ1) is 15.2. The number of nitrogens with one attached hydrogen (secondary N) is 1. The average molecular weight is 455 g/mol. The van der Waals surface area contributed by atoms with Gasteiger partial charge in [0, 0.05) is 23.5 Å². The quantitative estimate of drug-likeness (QED) is 0.399. The number of rotatable bonds is 5. The van der Waals surface area contributed by atoms with E-state index >= 15 is 0 Å². The molecule has 2 N–H and O–H groups in total. The zero-order chi connectivity index (χ0) is 23.0. The van der Waals surface area contributed by atoms with E-state index < -0.39 is 11.6 Å². The van der Waals surface area contributed by atoms with Crippen LogP contribution in [0.1, 0.15) is 56.8 Å². The van der Waals surface area contributed by atoms with Gasteiger partial charge in [0.2, 0.25) is 0 Å². The summed E-state index contributed by atoms with van der Waals surface area (Å²) in [6.45, 7) is 6.05. The Kier molecular flexibility index (Phi) is 6.38. The molecule has 1 aliphatic carbocycles. The van der Waals surface area contributed by atoms with Crippen molar-refractivity contribution in [3.63, 3.8) is 0 Å². The molecule has 0 spiro atoms. The van der Waals surface area contributed by atoms with E-state index in [1.165, 1.54) is 12.1 Å². The lowest BCUT2D eigenvalue weighted by atomic mass is 9.87. The lowest BCUT2D eigenvalue weighted by Gasteiger charge is -2.29. The Morgan fingerprint density at radius 1 is 1.16 bits per heavy atom. The molecule has 168 valence electrons. The summed E-state index contributed by atoms with van der Waals surface area (Å²) in [5, 5.41) is 14.1. The third-order valence-corrected chi connectivity index (χ3v) is 6.66. The second-order valence-electron chi connectivity index (χ2n) is 9.19. The molecule has 0 amide bonds. The van der Waals surface area contributed by atoms with Gasteiger partial charge >= 0.3 is 0 Å². The molecule has 4 nitrogen and oxygen atoms in total. The van der Waals surface area contributed by atoms with Gasteiger partial charge in [-0.3, -0.25) is 9.78 Å². The number of aromatic nitrogens is 1. The van der Waals surface area contributed by atoms with Crippen LogP contribution in [0.15, 0.2) is 36.5 Å². The molecule has 0 radical (unpaired) electrons. The highest BCUT2D eigenvalue weighted by atomic mass is 35.5. The maximum atomic E-state index is 14.1. The van der Waals surface area contributed by atoms with Crippen LogP contribution in [0.4, 0.5) is 10.1 Å². The number of phenols is 1. The van der Waals surface area contributed by atoms with Gasteiger partial charge < -0.3 is 10.4 Å². The van der Waals surface area contributed by atoms with E-state index in [-0.39, 0.29) is 16.7 Å². The van der Waals surface area contributed by atoms with Crippen molar-refractivity contribution in [2.75, 3.05) is 5.32 Å². The smallest absolute Gasteiger partial charge is 0.170 e. The molecule has 0 atom stereocenters. The molecule has 32 heavy (non-hydrogen) atoms. The van der Waals surface area contributed by atoms with Crippen LogP contribution in [0.25, 0.3) is 22.0 Å². The number of benzene rings is 2. The number of ketones is 1. The number of Topliss-reactive ketones (excluding diaryl/α,β-unsaturated/α-hetero) is 1. The number of aromatic hydroxyl groups is 1. The first-order valence-corrected chi connectivity index (χ1v) is 11.5. The first kappa shape index (κ1) is 22.5. The van der Waals surface area contributed by atoms with Crippen LogP contribution in [-0.4, -0.2) is 21.9 Å². The van der Waals surface area contributed by atoms with Crippen LogP contribution < -0.4 is 5.32 Å². The summed E-state index contributed by atoms with van der Waals surface area (Å²) in [5.41, 5.74) is 3.41. The number of carbonyl (C=O) groups is 1. The van der Waals surface area contributed by atoms with Gasteiger partial charge in [-0.05, 0) is 67.0 Å². The van der Waals surface area contributed by atoms with Gasteiger partial charge in [-0.25, -0.2) is 4.39 Å². The Bertz CT molecular complexity index is 1150. The summed E-state index contributed by atoms with van der Waals surface area (Å²) in [5.74, 6) is -0.731. The minimum atomic E-state index is -0.774. The van der Waals surface area contributed by atoms with Crippen molar-refractivity contribution in [1.29, 1.82) is 0 Å². The fraction of sp³-hybridized carbons (Fsp3) is 0.385. The molecule has 2 aromatic carbocycles. The number of hydrogen-bond acceptors (Lipinski definition) is 4. The minimum Gasteiger partial charge on any atom is -0.504 e. The molecule has 0 saturated heterocycles. The lowest BCUT2D eigenvalue weighted by molar-refractivity contribution is 0.0940. The van der Waals surface area contributed by atoms with E-state index in [0.29, 0.717) is 17.2 Å².